The van der Waals surface area contributed by atoms with Gasteiger partial charge in [0.05, 0.1) is 6.20 Å². The van der Waals surface area contributed by atoms with Crippen LogP contribution in [0.2, 0.25) is 0 Å². The summed E-state index contributed by atoms with van der Waals surface area (Å²) in [6, 6.07) is 0. The maximum atomic E-state index is 11.7. The number of hydrogen-bond acceptors (Lipinski definition) is 6. The summed E-state index contributed by atoms with van der Waals surface area (Å²) in [5, 5.41) is 11.4. The molecule has 0 spiro atoms. The number of piperazine rings is 1. The van der Waals surface area contributed by atoms with E-state index in [1.807, 2.05) is 0 Å². The first-order valence-corrected chi connectivity index (χ1v) is 5.95. The van der Waals surface area contributed by atoms with Crippen molar-refractivity contribution < 1.29 is 19.5 Å². The highest BCUT2D eigenvalue weighted by Gasteiger charge is 2.42. The average molecular weight is 269 g/mol. The third-order valence-corrected chi connectivity index (χ3v) is 3.73. The number of carbonyl (C=O) groups is 3. The number of hydrogen-bond donors (Lipinski definition) is 2. The zero-order valence-electron chi connectivity index (χ0n) is 9.76. The number of aromatic nitrogens is 1. The number of carboxylic acids is 1. The van der Waals surface area contributed by atoms with Crippen molar-refractivity contribution in [3.8, 4) is 0 Å². The molecule has 7 nitrogen and oxygen atoms in total. The number of aromatic carboxylic acids is 1. The van der Waals surface area contributed by atoms with Gasteiger partial charge < -0.3 is 10.0 Å². The number of rotatable bonds is 2. The molecule has 2 rings (SSSR count). The molecular formula is C10H11N3O4S. The maximum Gasteiger partial charge on any atom is 0.347 e. The average Bonchev–Trinajstić information content (AvgIpc) is 2.72. The minimum Gasteiger partial charge on any atom is -0.477 e. The smallest absolute Gasteiger partial charge is 0.347 e. The van der Waals surface area contributed by atoms with Crippen LogP contribution in [0, 0.1) is 0 Å². The number of carboxylic acid groups (broad SMARTS) is 1. The van der Waals surface area contributed by atoms with Crippen LogP contribution in [0.3, 0.4) is 0 Å². The van der Waals surface area contributed by atoms with Gasteiger partial charge in [-0.15, -0.1) is 0 Å². The fourth-order valence-electron chi connectivity index (χ4n) is 1.58. The van der Waals surface area contributed by atoms with Crippen molar-refractivity contribution in [1.29, 1.82) is 0 Å². The van der Waals surface area contributed by atoms with Crippen molar-refractivity contribution >= 4 is 34.3 Å². The summed E-state index contributed by atoms with van der Waals surface area (Å²) in [4.78, 5) is 39.4. The molecule has 1 aromatic heterocycles. The Bertz CT molecular complexity index is 537. The molecule has 2 amide bonds. The van der Waals surface area contributed by atoms with Crippen molar-refractivity contribution in [2.45, 2.75) is 19.4 Å². The largest absolute Gasteiger partial charge is 0.477 e. The number of imide groups is 1. The Balaban J connectivity index is 2.37. The van der Waals surface area contributed by atoms with Crippen molar-refractivity contribution in [1.82, 2.24) is 10.3 Å². The highest BCUT2D eigenvalue weighted by atomic mass is 32.1. The zero-order chi connectivity index (χ0) is 13.5. The third kappa shape index (κ3) is 1.94. The van der Waals surface area contributed by atoms with Gasteiger partial charge in [-0.2, -0.15) is 0 Å². The highest BCUT2D eigenvalue weighted by molar-refractivity contribution is 7.17. The Morgan fingerprint density at radius 2 is 2.22 bits per heavy atom. The van der Waals surface area contributed by atoms with Crippen molar-refractivity contribution in [2.75, 3.05) is 11.4 Å². The highest BCUT2D eigenvalue weighted by Crippen LogP contribution is 2.30. The number of nitrogens with one attached hydrogen (secondary N) is 1. The molecule has 2 heterocycles. The van der Waals surface area contributed by atoms with E-state index in [1.54, 1.807) is 13.8 Å². The molecule has 0 aliphatic carbocycles. The molecule has 0 aromatic carbocycles. The predicted molar refractivity (Wildman–Crippen MR) is 63.6 cm³/mol. The molecule has 1 aliphatic rings. The van der Waals surface area contributed by atoms with E-state index < -0.39 is 23.3 Å². The molecule has 1 fully saturated rings. The summed E-state index contributed by atoms with van der Waals surface area (Å²) >= 11 is 0.937. The Kier molecular flexibility index (Phi) is 2.81. The van der Waals surface area contributed by atoms with E-state index >= 15 is 0 Å². The molecule has 0 saturated carbocycles. The Labute approximate surface area is 106 Å². The normalized spacial score (nSPS) is 18.7. The molecule has 1 aliphatic heterocycles. The predicted octanol–water partition coefficient (Wildman–Crippen LogP) is 0.0827. The molecular weight excluding hydrogens is 258 g/mol. The van der Waals surface area contributed by atoms with Gasteiger partial charge in [-0.05, 0) is 13.8 Å². The summed E-state index contributed by atoms with van der Waals surface area (Å²) in [5.41, 5.74) is -0.943. The van der Waals surface area contributed by atoms with E-state index in [0.717, 1.165) is 11.3 Å². The van der Waals surface area contributed by atoms with Gasteiger partial charge in [0.25, 0.3) is 5.91 Å². The first-order valence-electron chi connectivity index (χ1n) is 5.13. The Hall–Kier alpha value is -1.96. The molecule has 8 heteroatoms. The number of nitrogens with zero attached hydrogens (tertiary/aromatic N) is 2. The van der Waals surface area contributed by atoms with Crippen LogP contribution in [0.25, 0.3) is 0 Å². The molecule has 0 bridgehead atoms. The summed E-state index contributed by atoms with van der Waals surface area (Å²) in [5.74, 6) is -1.93. The maximum absolute atomic E-state index is 11.7. The van der Waals surface area contributed by atoms with Gasteiger partial charge in [-0.3, -0.25) is 14.9 Å². The molecule has 18 heavy (non-hydrogen) atoms. The molecule has 2 N–H and O–H groups in total. The lowest BCUT2D eigenvalue weighted by Gasteiger charge is -2.39. The van der Waals surface area contributed by atoms with E-state index in [0.29, 0.717) is 5.13 Å². The first-order chi connectivity index (χ1) is 8.32. The van der Waals surface area contributed by atoms with Crippen LogP contribution in [0.1, 0.15) is 23.5 Å². The third-order valence-electron chi connectivity index (χ3n) is 2.72. The van der Waals surface area contributed by atoms with E-state index in [1.165, 1.54) is 11.1 Å². The molecule has 1 aromatic rings. The lowest BCUT2D eigenvalue weighted by molar-refractivity contribution is -0.135. The van der Waals surface area contributed by atoms with Gasteiger partial charge in [0.15, 0.2) is 5.13 Å². The quantitative estimate of drug-likeness (QED) is 0.738. The monoisotopic (exact) mass is 269 g/mol. The summed E-state index contributed by atoms with van der Waals surface area (Å²) < 4.78 is 0. The first kappa shape index (κ1) is 12.5. The van der Waals surface area contributed by atoms with Crippen LogP contribution in [-0.2, 0) is 9.59 Å². The minimum atomic E-state index is -1.08. The van der Waals surface area contributed by atoms with Gasteiger partial charge >= 0.3 is 5.97 Å². The second-order valence-electron chi connectivity index (χ2n) is 4.33. The SMILES string of the molecule is CC1(C)C(=O)NC(=O)CN1c1ncc(C(=O)O)s1. The van der Waals surface area contributed by atoms with Crippen LogP contribution in [0.5, 0.6) is 0 Å². The van der Waals surface area contributed by atoms with Crippen LogP contribution in [0.4, 0.5) is 5.13 Å². The van der Waals surface area contributed by atoms with E-state index in [9.17, 15) is 14.4 Å². The van der Waals surface area contributed by atoms with Gasteiger partial charge in [-0.25, -0.2) is 9.78 Å². The number of carbonyl (C=O) groups excluding carboxylic acids is 2. The lowest BCUT2D eigenvalue weighted by atomic mass is 10.00. The molecule has 1 saturated heterocycles. The fourth-order valence-corrected chi connectivity index (χ4v) is 2.48. The van der Waals surface area contributed by atoms with Gasteiger partial charge in [0, 0.05) is 0 Å². The summed E-state index contributed by atoms with van der Waals surface area (Å²) in [6.07, 6.45) is 1.22. The van der Waals surface area contributed by atoms with Gasteiger partial charge in [-0.1, -0.05) is 11.3 Å². The fraction of sp³-hybridized carbons (Fsp3) is 0.400. The van der Waals surface area contributed by atoms with E-state index in [4.69, 9.17) is 5.11 Å². The van der Waals surface area contributed by atoms with Crippen molar-refractivity contribution in [3.05, 3.63) is 11.1 Å². The van der Waals surface area contributed by atoms with Crippen LogP contribution >= 0.6 is 11.3 Å². The zero-order valence-corrected chi connectivity index (χ0v) is 10.6. The molecule has 96 valence electrons. The molecule has 0 radical (unpaired) electrons. The van der Waals surface area contributed by atoms with Crippen molar-refractivity contribution in [2.24, 2.45) is 0 Å². The number of anilines is 1. The number of amides is 2. The minimum absolute atomic E-state index is 0.0225. The van der Waals surface area contributed by atoms with E-state index in [2.05, 4.69) is 10.3 Å². The van der Waals surface area contributed by atoms with Crippen LogP contribution in [-0.4, -0.2) is 40.0 Å². The Morgan fingerprint density at radius 1 is 1.56 bits per heavy atom. The summed E-state index contributed by atoms with van der Waals surface area (Å²) in [6.45, 7) is 3.28. The van der Waals surface area contributed by atoms with Gasteiger partial charge in [0.1, 0.15) is 17.0 Å². The Morgan fingerprint density at radius 3 is 2.78 bits per heavy atom. The van der Waals surface area contributed by atoms with Gasteiger partial charge in [0.2, 0.25) is 5.91 Å². The molecule has 0 atom stereocenters. The standard InChI is InChI=1S/C10H11N3O4S/c1-10(2)8(17)12-6(14)4-13(10)9-11-3-5(18-9)7(15)16/h3H,4H2,1-2H3,(H,15,16)(H,12,14,17). The topological polar surface area (TPSA) is 99.6 Å². The molecule has 0 unspecified atom stereocenters. The number of thiazole rings is 1. The van der Waals surface area contributed by atoms with Crippen LogP contribution < -0.4 is 10.2 Å². The van der Waals surface area contributed by atoms with Crippen molar-refractivity contribution in [3.63, 3.8) is 0 Å². The second-order valence-corrected chi connectivity index (χ2v) is 5.34. The van der Waals surface area contributed by atoms with Crippen LogP contribution in [0.15, 0.2) is 6.20 Å². The van der Waals surface area contributed by atoms with E-state index in [-0.39, 0.29) is 11.4 Å². The lowest BCUT2D eigenvalue weighted by Crippen LogP contribution is -2.64. The second kappa shape index (κ2) is 4.05. The summed E-state index contributed by atoms with van der Waals surface area (Å²) in [7, 11) is 0.